The number of ether oxygens (including phenoxy) is 1. The number of hydrogen-bond donors (Lipinski definition) is 0. The normalized spacial score (nSPS) is 25.5. The molecule has 7 rings (SSSR count). The summed E-state index contributed by atoms with van der Waals surface area (Å²) in [6.07, 6.45) is 8.63. The monoisotopic (exact) mass is 599 g/mol. The average molecular weight is 600 g/mol. The molecule has 1 aliphatic carbocycles. The highest BCUT2D eigenvalue weighted by Gasteiger charge is 2.48. The lowest BCUT2D eigenvalue weighted by molar-refractivity contribution is 0.0130. The van der Waals surface area contributed by atoms with Crippen molar-refractivity contribution in [2.24, 2.45) is 11.3 Å². The van der Waals surface area contributed by atoms with Crippen molar-refractivity contribution in [3.63, 3.8) is 0 Å². The Balaban J connectivity index is 1.09. The third-order valence-electron chi connectivity index (χ3n) is 10.7. The first kappa shape index (κ1) is 29.2. The fourth-order valence-corrected chi connectivity index (χ4v) is 8.30. The van der Waals surface area contributed by atoms with Gasteiger partial charge in [-0.2, -0.15) is 0 Å². The standard InChI is InChI=1S/C35H42FN5O3/c36-29-10-6-9-27(19-29)32-20-30(39-17-18-44-25-39)12-16-41(32)34(43)38-15-11-28(35(23-38)13-4-5-14-35)22-40-24-37-31(21-33(40)42)26-7-2-1-3-8-26/h1-3,6-10,19,21,24,28,30,32H,4-5,11-18,20,22-23,25H2/t28-,30+,32-/m0/s1. The van der Waals surface area contributed by atoms with Crippen molar-refractivity contribution < 1.29 is 13.9 Å². The van der Waals surface area contributed by atoms with E-state index in [-0.39, 0.29) is 28.9 Å². The maximum Gasteiger partial charge on any atom is 0.320 e. The van der Waals surface area contributed by atoms with Crippen molar-refractivity contribution in [3.8, 4) is 11.3 Å². The fourth-order valence-electron chi connectivity index (χ4n) is 8.30. The molecule has 44 heavy (non-hydrogen) atoms. The van der Waals surface area contributed by atoms with Crippen LogP contribution in [-0.4, -0.2) is 75.8 Å². The van der Waals surface area contributed by atoms with Crippen LogP contribution in [0, 0.1) is 17.2 Å². The highest BCUT2D eigenvalue weighted by molar-refractivity contribution is 5.75. The van der Waals surface area contributed by atoms with E-state index in [1.54, 1.807) is 29.1 Å². The van der Waals surface area contributed by atoms with Crippen LogP contribution in [0.1, 0.15) is 56.6 Å². The number of amides is 2. The lowest BCUT2D eigenvalue weighted by Gasteiger charge is -2.50. The Morgan fingerprint density at radius 2 is 1.84 bits per heavy atom. The molecule has 4 aliphatic rings. The molecule has 232 valence electrons. The van der Waals surface area contributed by atoms with Gasteiger partial charge >= 0.3 is 6.03 Å². The Kier molecular flexibility index (Phi) is 8.25. The molecule has 3 saturated heterocycles. The highest BCUT2D eigenvalue weighted by Crippen LogP contribution is 2.49. The van der Waals surface area contributed by atoms with Crippen molar-refractivity contribution >= 4 is 6.03 Å². The Bertz CT molecular complexity index is 1520. The van der Waals surface area contributed by atoms with Gasteiger partial charge in [0.15, 0.2) is 0 Å². The summed E-state index contributed by atoms with van der Waals surface area (Å²) in [6.45, 7) is 4.89. The Hall–Kier alpha value is -3.56. The van der Waals surface area contributed by atoms with Crippen molar-refractivity contribution in [2.75, 3.05) is 39.5 Å². The first-order chi connectivity index (χ1) is 21.5. The van der Waals surface area contributed by atoms with Gasteiger partial charge in [0.1, 0.15) is 5.82 Å². The predicted molar refractivity (Wildman–Crippen MR) is 166 cm³/mol. The average Bonchev–Trinajstić information content (AvgIpc) is 3.76. The van der Waals surface area contributed by atoms with E-state index in [1.807, 2.05) is 41.3 Å². The Labute approximate surface area is 258 Å². The van der Waals surface area contributed by atoms with Crippen LogP contribution in [0.4, 0.5) is 9.18 Å². The fraction of sp³-hybridized carbons (Fsp3) is 0.514. The molecular weight excluding hydrogens is 557 g/mol. The molecule has 4 heterocycles. The molecule has 3 aliphatic heterocycles. The minimum atomic E-state index is -0.270. The van der Waals surface area contributed by atoms with E-state index in [2.05, 4.69) is 14.8 Å². The molecule has 0 radical (unpaired) electrons. The number of carbonyl (C=O) groups excluding carboxylic acids is 1. The number of aromatic nitrogens is 2. The second-order valence-corrected chi connectivity index (χ2v) is 13.2. The second-order valence-electron chi connectivity index (χ2n) is 13.2. The van der Waals surface area contributed by atoms with Crippen LogP contribution in [0.2, 0.25) is 0 Å². The molecule has 1 saturated carbocycles. The van der Waals surface area contributed by atoms with Gasteiger partial charge in [-0.3, -0.25) is 14.3 Å². The number of halogens is 1. The minimum Gasteiger partial charge on any atom is -0.365 e. The molecule has 0 N–H and O–H groups in total. The maximum atomic E-state index is 14.4. The number of carbonyl (C=O) groups is 1. The summed E-state index contributed by atoms with van der Waals surface area (Å²) in [6, 6.07) is 18.4. The van der Waals surface area contributed by atoms with E-state index in [0.717, 1.165) is 69.2 Å². The van der Waals surface area contributed by atoms with Crippen molar-refractivity contribution in [3.05, 3.63) is 88.7 Å². The van der Waals surface area contributed by atoms with Crippen molar-refractivity contribution in [2.45, 2.75) is 63.6 Å². The van der Waals surface area contributed by atoms with Crippen LogP contribution in [0.3, 0.4) is 0 Å². The maximum absolute atomic E-state index is 14.4. The van der Waals surface area contributed by atoms with Gasteiger partial charge in [-0.15, -0.1) is 0 Å². The first-order valence-corrected chi connectivity index (χ1v) is 16.2. The van der Waals surface area contributed by atoms with E-state index in [1.165, 1.54) is 6.07 Å². The summed E-state index contributed by atoms with van der Waals surface area (Å²) < 4.78 is 21.8. The van der Waals surface area contributed by atoms with Gasteiger partial charge in [0, 0.05) is 50.4 Å². The Morgan fingerprint density at radius 1 is 1.00 bits per heavy atom. The third kappa shape index (κ3) is 5.79. The number of piperidine rings is 2. The van der Waals surface area contributed by atoms with Gasteiger partial charge in [0.05, 0.1) is 31.4 Å². The van der Waals surface area contributed by atoms with Gasteiger partial charge < -0.3 is 14.5 Å². The summed E-state index contributed by atoms with van der Waals surface area (Å²) in [4.78, 5) is 38.6. The van der Waals surface area contributed by atoms with E-state index < -0.39 is 0 Å². The SMILES string of the molecule is O=C(N1CC[C@@H](Cn2cnc(-c3ccccc3)cc2=O)C2(CCCC2)C1)N1CC[C@@H](N2CCOC2)C[C@H]1c1cccc(F)c1. The summed E-state index contributed by atoms with van der Waals surface area (Å²) >= 11 is 0. The number of benzene rings is 2. The van der Waals surface area contributed by atoms with Crippen molar-refractivity contribution in [1.82, 2.24) is 24.3 Å². The molecule has 1 spiro atoms. The summed E-state index contributed by atoms with van der Waals surface area (Å²) in [7, 11) is 0. The van der Waals surface area contributed by atoms with Crippen LogP contribution in [0.15, 0.2) is 71.8 Å². The molecule has 0 unspecified atom stereocenters. The smallest absolute Gasteiger partial charge is 0.320 e. The predicted octanol–water partition coefficient (Wildman–Crippen LogP) is 5.55. The third-order valence-corrected chi connectivity index (χ3v) is 10.7. The molecule has 3 aromatic rings. The number of urea groups is 1. The van der Waals surface area contributed by atoms with Crippen LogP contribution in [0.5, 0.6) is 0 Å². The van der Waals surface area contributed by atoms with Gasteiger partial charge in [-0.05, 0) is 61.1 Å². The lowest BCUT2D eigenvalue weighted by Crippen LogP contribution is -2.57. The number of likely N-dealkylation sites (tertiary alicyclic amines) is 2. The van der Waals surface area contributed by atoms with Gasteiger partial charge in [-0.25, -0.2) is 14.2 Å². The summed E-state index contributed by atoms with van der Waals surface area (Å²) in [5.74, 6) is 0.0322. The molecule has 0 bridgehead atoms. The van der Waals surface area contributed by atoms with Crippen LogP contribution in [0.25, 0.3) is 11.3 Å². The van der Waals surface area contributed by atoms with Gasteiger partial charge in [0.25, 0.3) is 5.56 Å². The highest BCUT2D eigenvalue weighted by atomic mass is 19.1. The summed E-state index contributed by atoms with van der Waals surface area (Å²) in [5, 5.41) is 0. The van der Waals surface area contributed by atoms with E-state index in [4.69, 9.17) is 4.74 Å². The molecule has 3 atom stereocenters. The van der Waals surface area contributed by atoms with Crippen LogP contribution in [-0.2, 0) is 11.3 Å². The van der Waals surface area contributed by atoms with Crippen molar-refractivity contribution in [1.29, 1.82) is 0 Å². The van der Waals surface area contributed by atoms with E-state index in [9.17, 15) is 14.0 Å². The molecule has 2 aromatic carbocycles. The number of nitrogens with zero attached hydrogens (tertiary/aromatic N) is 5. The first-order valence-electron chi connectivity index (χ1n) is 16.2. The van der Waals surface area contributed by atoms with E-state index in [0.29, 0.717) is 50.6 Å². The van der Waals surface area contributed by atoms with Crippen LogP contribution >= 0.6 is 0 Å². The second kappa shape index (κ2) is 12.4. The Morgan fingerprint density at radius 3 is 2.59 bits per heavy atom. The zero-order valence-electron chi connectivity index (χ0n) is 25.3. The van der Waals surface area contributed by atoms with Gasteiger partial charge in [0.2, 0.25) is 0 Å². The lowest BCUT2D eigenvalue weighted by atomic mass is 9.69. The number of rotatable bonds is 5. The van der Waals surface area contributed by atoms with Gasteiger partial charge in [-0.1, -0.05) is 55.3 Å². The quantitative estimate of drug-likeness (QED) is 0.385. The zero-order valence-corrected chi connectivity index (χ0v) is 25.3. The molecule has 1 aromatic heterocycles. The summed E-state index contributed by atoms with van der Waals surface area (Å²) in [5.41, 5.74) is 2.45. The zero-order chi connectivity index (χ0) is 30.1. The minimum absolute atomic E-state index is 0.00891. The van der Waals surface area contributed by atoms with E-state index >= 15 is 0 Å². The molecular formula is C35H42FN5O3. The molecule has 8 nitrogen and oxygen atoms in total. The molecule has 4 fully saturated rings. The van der Waals surface area contributed by atoms with Crippen LogP contribution < -0.4 is 5.56 Å². The topological polar surface area (TPSA) is 70.9 Å². The molecule has 2 amide bonds. The number of hydrogen-bond acceptors (Lipinski definition) is 5. The largest absolute Gasteiger partial charge is 0.365 e. The molecule has 9 heteroatoms.